The minimum Gasteiger partial charge on any atom is -0.449 e. The van der Waals surface area contributed by atoms with Crippen LogP contribution in [0.1, 0.15) is 35.8 Å². The number of rotatable bonds is 7. The third-order valence-corrected chi connectivity index (χ3v) is 5.36. The van der Waals surface area contributed by atoms with Crippen LogP contribution in [-0.4, -0.2) is 23.0 Å². The zero-order valence-electron chi connectivity index (χ0n) is 16.5. The lowest BCUT2D eigenvalue weighted by Crippen LogP contribution is -2.37. The summed E-state index contributed by atoms with van der Waals surface area (Å²) in [7, 11) is 0. The molecule has 154 valence electrons. The van der Waals surface area contributed by atoms with E-state index >= 15 is 0 Å². The highest BCUT2D eigenvalue weighted by atomic mass is 32.2. The Labute approximate surface area is 178 Å². The van der Waals surface area contributed by atoms with Crippen molar-refractivity contribution in [3.05, 3.63) is 89.9 Å². The second kappa shape index (κ2) is 10.0. The quantitative estimate of drug-likeness (QED) is 0.552. The zero-order chi connectivity index (χ0) is 21.5. The number of ether oxygens (including phenoxy) is 1. The fourth-order valence-corrected chi connectivity index (χ4v) is 3.56. The fourth-order valence-electron chi connectivity index (χ4n) is 2.67. The van der Waals surface area contributed by atoms with Crippen LogP contribution in [0.3, 0.4) is 0 Å². The number of aromatic nitrogens is 1. The molecule has 0 spiro atoms. The molecule has 3 rings (SSSR count). The average Bonchev–Trinajstić information content (AvgIpc) is 2.75. The van der Waals surface area contributed by atoms with Gasteiger partial charge in [-0.15, -0.1) is 0 Å². The highest BCUT2D eigenvalue weighted by Crippen LogP contribution is 2.28. The maximum atomic E-state index is 13.1. The highest BCUT2D eigenvalue weighted by molar-refractivity contribution is 7.99. The Morgan fingerprint density at radius 2 is 1.70 bits per heavy atom. The Kier molecular flexibility index (Phi) is 7.19. The van der Waals surface area contributed by atoms with E-state index in [1.807, 2.05) is 30.3 Å². The molecule has 1 heterocycles. The molecule has 0 aliphatic rings. The van der Waals surface area contributed by atoms with Crippen molar-refractivity contribution in [2.45, 2.75) is 35.9 Å². The topological polar surface area (TPSA) is 68.3 Å². The molecule has 30 heavy (non-hydrogen) atoms. The van der Waals surface area contributed by atoms with Gasteiger partial charge in [-0.25, -0.2) is 14.2 Å². The van der Waals surface area contributed by atoms with E-state index in [-0.39, 0.29) is 17.4 Å². The Hall–Kier alpha value is -3.19. The van der Waals surface area contributed by atoms with E-state index in [9.17, 15) is 14.0 Å². The lowest BCUT2D eigenvalue weighted by atomic mass is 10.1. The number of pyridine rings is 1. The number of carbonyl (C=O) groups is 2. The van der Waals surface area contributed by atoms with Gasteiger partial charge in [0.1, 0.15) is 10.8 Å². The van der Waals surface area contributed by atoms with E-state index < -0.39 is 18.0 Å². The molecule has 5 nitrogen and oxygen atoms in total. The van der Waals surface area contributed by atoms with Gasteiger partial charge in [-0.1, -0.05) is 42.1 Å². The summed E-state index contributed by atoms with van der Waals surface area (Å²) in [6.45, 7) is 3.28. The van der Waals surface area contributed by atoms with Crippen LogP contribution in [0.2, 0.25) is 0 Å². The maximum Gasteiger partial charge on any atom is 0.341 e. The normalized spacial score (nSPS) is 12.6. The Bertz CT molecular complexity index is 1010. The summed E-state index contributed by atoms with van der Waals surface area (Å²) in [6.07, 6.45) is 0.595. The summed E-state index contributed by atoms with van der Waals surface area (Å²) in [4.78, 5) is 30.3. The number of halogens is 1. The SMILES string of the molecule is C[C@H](NC(=O)[C@@H](C)OC(=O)c1cccnc1Sc1ccccc1)c1ccc(F)cc1. The monoisotopic (exact) mass is 424 g/mol. The zero-order valence-corrected chi connectivity index (χ0v) is 17.4. The molecule has 3 aromatic rings. The number of hydrogen-bond acceptors (Lipinski definition) is 5. The molecule has 0 aliphatic heterocycles. The first-order chi connectivity index (χ1) is 14.4. The number of carbonyl (C=O) groups excluding carboxylic acids is 2. The standard InChI is InChI=1S/C23H21FN2O3S/c1-15(17-10-12-18(24)13-11-17)26-21(27)16(2)29-23(28)20-9-6-14-25-22(20)30-19-7-4-3-5-8-19/h3-16H,1-2H3,(H,26,27)/t15-,16+/m0/s1. The van der Waals surface area contributed by atoms with Crippen molar-refractivity contribution in [3.63, 3.8) is 0 Å². The van der Waals surface area contributed by atoms with Crippen molar-refractivity contribution in [3.8, 4) is 0 Å². The molecule has 0 radical (unpaired) electrons. The second-order valence-electron chi connectivity index (χ2n) is 6.60. The maximum absolute atomic E-state index is 13.1. The van der Waals surface area contributed by atoms with Crippen molar-refractivity contribution < 1.29 is 18.7 Å². The number of nitrogens with one attached hydrogen (secondary N) is 1. The molecule has 0 saturated carbocycles. The number of nitrogens with zero attached hydrogens (tertiary/aromatic N) is 1. The minimum atomic E-state index is -1.00. The van der Waals surface area contributed by atoms with Crippen molar-refractivity contribution in [1.82, 2.24) is 10.3 Å². The van der Waals surface area contributed by atoms with Crippen LogP contribution >= 0.6 is 11.8 Å². The van der Waals surface area contributed by atoms with Gasteiger partial charge in [0.2, 0.25) is 0 Å². The number of benzene rings is 2. The van der Waals surface area contributed by atoms with Gasteiger partial charge in [0.05, 0.1) is 11.6 Å². The summed E-state index contributed by atoms with van der Waals surface area (Å²) in [5, 5.41) is 3.27. The number of hydrogen-bond donors (Lipinski definition) is 1. The molecule has 0 fully saturated rings. The molecular weight excluding hydrogens is 403 g/mol. The smallest absolute Gasteiger partial charge is 0.341 e. The lowest BCUT2D eigenvalue weighted by molar-refractivity contribution is -0.129. The van der Waals surface area contributed by atoms with Crippen LogP contribution in [0.15, 0.2) is 82.8 Å². The molecule has 2 atom stereocenters. The first-order valence-electron chi connectivity index (χ1n) is 9.39. The molecule has 7 heteroatoms. The lowest BCUT2D eigenvalue weighted by Gasteiger charge is -2.18. The molecule has 0 unspecified atom stereocenters. The van der Waals surface area contributed by atoms with Crippen molar-refractivity contribution in [2.24, 2.45) is 0 Å². The van der Waals surface area contributed by atoms with Gasteiger partial charge in [0.15, 0.2) is 6.10 Å². The second-order valence-corrected chi connectivity index (χ2v) is 7.66. The minimum absolute atomic E-state index is 0.289. The highest BCUT2D eigenvalue weighted by Gasteiger charge is 2.23. The van der Waals surface area contributed by atoms with Crippen molar-refractivity contribution in [2.75, 3.05) is 0 Å². The van der Waals surface area contributed by atoms with E-state index in [4.69, 9.17) is 4.74 Å². The third-order valence-electron chi connectivity index (χ3n) is 4.33. The predicted molar refractivity (Wildman–Crippen MR) is 113 cm³/mol. The summed E-state index contributed by atoms with van der Waals surface area (Å²) in [6, 6.07) is 18.3. The Morgan fingerprint density at radius 3 is 2.40 bits per heavy atom. The summed E-state index contributed by atoms with van der Waals surface area (Å²) in [5.41, 5.74) is 1.04. The van der Waals surface area contributed by atoms with Crippen LogP contribution in [-0.2, 0) is 9.53 Å². The van der Waals surface area contributed by atoms with Crippen LogP contribution in [0.4, 0.5) is 4.39 Å². The van der Waals surface area contributed by atoms with Gasteiger partial charge in [-0.05, 0) is 55.8 Å². The number of amides is 1. The molecule has 0 bridgehead atoms. The average molecular weight is 424 g/mol. The molecule has 1 aromatic heterocycles. The van der Waals surface area contributed by atoms with E-state index in [2.05, 4.69) is 10.3 Å². The Balaban J connectivity index is 1.64. The van der Waals surface area contributed by atoms with Crippen molar-refractivity contribution >= 4 is 23.6 Å². The van der Waals surface area contributed by atoms with E-state index in [0.717, 1.165) is 10.5 Å². The van der Waals surface area contributed by atoms with Crippen LogP contribution in [0, 0.1) is 5.82 Å². The van der Waals surface area contributed by atoms with Gasteiger partial charge in [0, 0.05) is 11.1 Å². The molecule has 1 amide bonds. The van der Waals surface area contributed by atoms with Gasteiger partial charge in [0.25, 0.3) is 5.91 Å². The molecule has 0 aliphatic carbocycles. The largest absolute Gasteiger partial charge is 0.449 e. The molecule has 1 N–H and O–H groups in total. The number of esters is 1. The summed E-state index contributed by atoms with van der Waals surface area (Å²) >= 11 is 1.34. The van der Waals surface area contributed by atoms with E-state index in [1.165, 1.54) is 30.8 Å². The van der Waals surface area contributed by atoms with E-state index in [1.54, 1.807) is 37.4 Å². The van der Waals surface area contributed by atoms with Gasteiger partial charge < -0.3 is 10.1 Å². The summed E-state index contributed by atoms with van der Waals surface area (Å²) < 4.78 is 18.4. The fraction of sp³-hybridized carbons (Fsp3) is 0.174. The van der Waals surface area contributed by atoms with Crippen LogP contribution in [0.25, 0.3) is 0 Å². The van der Waals surface area contributed by atoms with E-state index in [0.29, 0.717) is 5.03 Å². The van der Waals surface area contributed by atoms with Gasteiger partial charge in [-0.2, -0.15) is 0 Å². The van der Waals surface area contributed by atoms with Crippen LogP contribution < -0.4 is 5.32 Å². The van der Waals surface area contributed by atoms with Gasteiger partial charge >= 0.3 is 5.97 Å². The Morgan fingerprint density at radius 1 is 1.00 bits per heavy atom. The first kappa shape index (κ1) is 21.5. The van der Waals surface area contributed by atoms with Gasteiger partial charge in [-0.3, -0.25) is 4.79 Å². The molecule has 0 saturated heterocycles. The molecule has 2 aromatic carbocycles. The summed E-state index contributed by atoms with van der Waals surface area (Å²) in [5.74, 6) is -1.42. The first-order valence-corrected chi connectivity index (χ1v) is 10.2. The van der Waals surface area contributed by atoms with Crippen LogP contribution in [0.5, 0.6) is 0 Å². The third kappa shape index (κ3) is 5.67. The van der Waals surface area contributed by atoms with Crippen molar-refractivity contribution in [1.29, 1.82) is 0 Å². The predicted octanol–water partition coefficient (Wildman–Crippen LogP) is 4.79. The molecular formula is C23H21FN2O3S.